The van der Waals surface area contributed by atoms with Crippen molar-refractivity contribution in [1.29, 1.82) is 0 Å². The normalized spacial score (nSPS) is 9.96. The fourth-order valence-corrected chi connectivity index (χ4v) is 2.68. The van der Waals surface area contributed by atoms with Gasteiger partial charge in [0, 0.05) is 0 Å². The molecule has 0 aliphatic carbocycles. The van der Waals surface area contributed by atoms with Gasteiger partial charge in [-0.3, -0.25) is 0 Å². The number of halogens is 2. The zero-order valence-corrected chi connectivity index (χ0v) is 18.8. The summed E-state index contributed by atoms with van der Waals surface area (Å²) in [6.07, 6.45) is 0. The van der Waals surface area contributed by atoms with Gasteiger partial charge in [0.05, 0.1) is 18.2 Å². The summed E-state index contributed by atoms with van der Waals surface area (Å²) in [6, 6.07) is 10.9. The summed E-state index contributed by atoms with van der Waals surface area (Å²) in [4.78, 5) is 35.9. The summed E-state index contributed by atoms with van der Waals surface area (Å²) in [5.74, 6) is -1.28. The summed E-state index contributed by atoms with van der Waals surface area (Å²) in [7, 11) is 1.44. The predicted molar refractivity (Wildman–Crippen MR) is 114 cm³/mol. The topological polar surface area (TPSA) is 97.4 Å². The van der Waals surface area contributed by atoms with Crippen LogP contribution >= 0.6 is 46.0 Å². The molecule has 0 saturated carbocycles. The third kappa shape index (κ3) is 5.70. The van der Waals surface area contributed by atoms with E-state index in [0.29, 0.717) is 11.5 Å². The first kappa shape index (κ1) is 22.2. The van der Waals surface area contributed by atoms with Crippen LogP contribution in [-0.4, -0.2) is 38.2 Å². The van der Waals surface area contributed by atoms with Gasteiger partial charge in [-0.05, 0) is 30.3 Å². The number of para-hydroxylation sites is 1. The van der Waals surface area contributed by atoms with E-state index in [0.717, 1.165) is 0 Å². The van der Waals surface area contributed by atoms with Gasteiger partial charge in [0.2, 0.25) is 0 Å². The van der Waals surface area contributed by atoms with E-state index in [1.54, 1.807) is 24.3 Å². The van der Waals surface area contributed by atoms with Gasteiger partial charge in [-0.1, -0.05) is 12.1 Å². The maximum Gasteiger partial charge on any atom is 0.351 e. The fourth-order valence-electron chi connectivity index (χ4n) is 2.21. The lowest BCUT2D eigenvalue weighted by Crippen LogP contribution is -2.16. The molecular weight excluding hydrogens is 598 g/mol. The Labute approximate surface area is 188 Å². The van der Waals surface area contributed by atoms with Gasteiger partial charge in [-0.15, -0.1) is 0 Å². The van der Waals surface area contributed by atoms with Crippen LogP contribution in [0.15, 0.2) is 42.5 Å². The molecular formula is C18H14I2O8. The Kier molecular flexibility index (Phi) is 8.76. The quantitative estimate of drug-likeness (QED) is 0.252. The predicted octanol–water partition coefficient (Wildman–Crippen LogP) is 3.94. The van der Waals surface area contributed by atoms with Crippen molar-refractivity contribution in [3.8, 4) is 11.5 Å². The minimum absolute atomic E-state index is 0.00664. The van der Waals surface area contributed by atoms with Crippen molar-refractivity contribution in [2.45, 2.75) is 0 Å². The molecule has 10 heteroatoms. The fraction of sp³-hybridized carbons (Fsp3) is 0.167. The largest absolute Gasteiger partial charge is 0.497 e. The molecule has 0 heterocycles. The second-order valence-electron chi connectivity index (χ2n) is 5.12. The standard InChI is InChI=1S/C18H14I2O8/c1-24-11-6-7-12(17(22)27-19)14(10-11)16(21)26-9-8-25-15-5-3-2-4-13(15)18(23)28-20/h2-7,10H,8-9H2,1H3. The smallest absolute Gasteiger partial charge is 0.351 e. The third-order valence-corrected chi connectivity index (χ3v) is 4.29. The molecule has 0 aliphatic rings. The maximum absolute atomic E-state index is 12.4. The van der Waals surface area contributed by atoms with E-state index in [1.807, 2.05) is 0 Å². The summed E-state index contributed by atoms with van der Waals surface area (Å²) in [5.41, 5.74) is 0.314. The monoisotopic (exact) mass is 612 g/mol. The Morgan fingerprint density at radius 1 is 0.821 bits per heavy atom. The number of carbonyl (C=O) groups excluding carboxylic acids is 3. The molecule has 28 heavy (non-hydrogen) atoms. The number of carbonyl (C=O) groups is 3. The molecule has 2 rings (SSSR count). The number of benzene rings is 2. The number of hydrogen-bond donors (Lipinski definition) is 0. The van der Waals surface area contributed by atoms with Crippen molar-refractivity contribution in [3.63, 3.8) is 0 Å². The summed E-state index contributed by atoms with van der Waals surface area (Å²) < 4.78 is 25.0. The highest BCUT2D eigenvalue weighted by Gasteiger charge is 2.20. The van der Waals surface area contributed by atoms with Gasteiger partial charge >= 0.3 is 17.9 Å². The Morgan fingerprint density at radius 2 is 1.50 bits per heavy atom. The molecule has 0 radical (unpaired) electrons. The van der Waals surface area contributed by atoms with E-state index in [-0.39, 0.29) is 29.9 Å². The number of hydrogen-bond acceptors (Lipinski definition) is 8. The highest BCUT2D eigenvalue weighted by molar-refractivity contribution is 14.1. The minimum Gasteiger partial charge on any atom is -0.497 e. The van der Waals surface area contributed by atoms with Crippen LogP contribution in [0.4, 0.5) is 0 Å². The number of ether oxygens (including phenoxy) is 3. The molecule has 8 nitrogen and oxygen atoms in total. The molecule has 2 aromatic rings. The van der Waals surface area contributed by atoms with Gasteiger partial charge in [0.15, 0.2) is 46.0 Å². The van der Waals surface area contributed by atoms with Crippen molar-refractivity contribution in [3.05, 3.63) is 59.2 Å². The van der Waals surface area contributed by atoms with Gasteiger partial charge in [-0.25, -0.2) is 14.4 Å². The molecule has 0 aliphatic heterocycles. The summed E-state index contributed by atoms with van der Waals surface area (Å²) in [6.45, 7) is -0.115. The first-order valence-electron chi connectivity index (χ1n) is 7.74. The van der Waals surface area contributed by atoms with Crippen molar-refractivity contribution >= 4 is 63.9 Å². The molecule has 0 spiro atoms. The molecule has 0 saturated heterocycles. The highest BCUT2D eigenvalue weighted by atomic mass is 127. The SMILES string of the molecule is COc1ccc(C(=O)OI)c(C(=O)OCCOc2ccccc2C(=O)OI)c1. The number of rotatable bonds is 8. The van der Waals surface area contributed by atoms with E-state index >= 15 is 0 Å². The van der Waals surface area contributed by atoms with Crippen molar-refractivity contribution < 1.29 is 34.7 Å². The average Bonchev–Trinajstić information content (AvgIpc) is 2.75. The Morgan fingerprint density at radius 3 is 2.18 bits per heavy atom. The summed E-state index contributed by atoms with van der Waals surface area (Å²) in [5, 5.41) is 0. The van der Waals surface area contributed by atoms with Crippen LogP contribution < -0.4 is 9.47 Å². The molecule has 2 aromatic carbocycles. The molecule has 0 fully saturated rings. The van der Waals surface area contributed by atoms with Gasteiger partial charge in [0.25, 0.3) is 0 Å². The zero-order chi connectivity index (χ0) is 20.5. The molecule has 0 amide bonds. The van der Waals surface area contributed by atoms with Crippen LogP contribution in [-0.2, 0) is 10.9 Å². The second-order valence-corrected chi connectivity index (χ2v) is 6.00. The van der Waals surface area contributed by atoms with E-state index < -0.39 is 17.9 Å². The van der Waals surface area contributed by atoms with E-state index in [4.69, 9.17) is 14.2 Å². The Bertz CT molecular complexity index is 868. The molecule has 0 unspecified atom stereocenters. The van der Waals surface area contributed by atoms with E-state index in [9.17, 15) is 14.4 Å². The lowest BCUT2D eigenvalue weighted by molar-refractivity contribution is 0.0442. The highest BCUT2D eigenvalue weighted by Crippen LogP contribution is 2.21. The van der Waals surface area contributed by atoms with Gasteiger partial charge < -0.3 is 20.3 Å². The van der Waals surface area contributed by atoms with Crippen LogP contribution in [0.1, 0.15) is 31.1 Å². The average molecular weight is 612 g/mol. The number of esters is 1. The second kappa shape index (κ2) is 11.0. The van der Waals surface area contributed by atoms with Crippen LogP contribution in [0.25, 0.3) is 0 Å². The lowest BCUT2D eigenvalue weighted by Gasteiger charge is -2.11. The van der Waals surface area contributed by atoms with Crippen LogP contribution in [0.2, 0.25) is 0 Å². The molecule has 0 atom stereocenters. The molecule has 0 aromatic heterocycles. The third-order valence-electron chi connectivity index (χ3n) is 3.49. The molecule has 0 N–H and O–H groups in total. The van der Waals surface area contributed by atoms with Crippen LogP contribution in [0.5, 0.6) is 11.5 Å². The number of methoxy groups -OCH3 is 1. The molecule has 148 valence electrons. The van der Waals surface area contributed by atoms with Crippen molar-refractivity contribution in [2.75, 3.05) is 20.3 Å². The first-order valence-corrected chi connectivity index (χ1v) is 9.50. The minimum atomic E-state index is -0.737. The maximum atomic E-state index is 12.4. The Balaban J connectivity index is 2.02. The summed E-state index contributed by atoms with van der Waals surface area (Å²) >= 11 is 2.92. The van der Waals surface area contributed by atoms with Gasteiger partial charge in [0.1, 0.15) is 30.3 Å². The first-order chi connectivity index (χ1) is 13.5. The zero-order valence-electron chi connectivity index (χ0n) is 14.5. The molecule has 0 bridgehead atoms. The van der Waals surface area contributed by atoms with Crippen molar-refractivity contribution in [1.82, 2.24) is 0 Å². The van der Waals surface area contributed by atoms with E-state index in [1.165, 1.54) is 71.3 Å². The van der Waals surface area contributed by atoms with Gasteiger partial charge in [-0.2, -0.15) is 0 Å². The van der Waals surface area contributed by atoms with Crippen LogP contribution in [0, 0.1) is 0 Å². The van der Waals surface area contributed by atoms with Crippen molar-refractivity contribution in [2.24, 2.45) is 0 Å². The van der Waals surface area contributed by atoms with E-state index in [2.05, 4.69) is 6.13 Å². The Hall–Kier alpha value is -2.09. The van der Waals surface area contributed by atoms with Crippen LogP contribution in [0.3, 0.4) is 0 Å². The lowest BCUT2D eigenvalue weighted by atomic mass is 10.1.